The van der Waals surface area contributed by atoms with Crippen LogP contribution in [0.25, 0.3) is 22.5 Å². The maximum Gasteiger partial charge on any atom is 0.166 e. The van der Waals surface area contributed by atoms with Crippen molar-refractivity contribution < 1.29 is 4.74 Å². The molecule has 0 aliphatic carbocycles. The molecule has 7 nitrogen and oxygen atoms in total. The SMILES string of the molecule is CCn1nc(C)c2c1-c1cnc(N)c(c1)O[C@H](C)c1cc(C)ccc1-c1nn(C)cc1C2. The van der Waals surface area contributed by atoms with Crippen molar-refractivity contribution in [1.29, 1.82) is 0 Å². The quantitative estimate of drug-likeness (QED) is 0.479. The van der Waals surface area contributed by atoms with Crippen LogP contribution in [0.2, 0.25) is 0 Å². The van der Waals surface area contributed by atoms with Gasteiger partial charge in [0, 0.05) is 60.2 Å². The highest BCUT2D eigenvalue weighted by Crippen LogP contribution is 2.39. The Kier molecular flexibility index (Phi) is 4.77. The lowest BCUT2D eigenvalue weighted by Gasteiger charge is -2.21. The van der Waals surface area contributed by atoms with Gasteiger partial charge in [0.05, 0.1) is 17.1 Å². The Morgan fingerprint density at radius 2 is 2.00 bits per heavy atom. The normalized spacial score (nSPS) is 15.1. The van der Waals surface area contributed by atoms with Crippen LogP contribution < -0.4 is 10.5 Å². The van der Waals surface area contributed by atoms with E-state index in [1.54, 1.807) is 0 Å². The van der Waals surface area contributed by atoms with Gasteiger partial charge >= 0.3 is 0 Å². The number of aromatic nitrogens is 5. The van der Waals surface area contributed by atoms with Gasteiger partial charge in [0.2, 0.25) is 0 Å². The van der Waals surface area contributed by atoms with E-state index in [-0.39, 0.29) is 6.10 Å². The van der Waals surface area contributed by atoms with Gasteiger partial charge in [0.1, 0.15) is 6.10 Å². The number of benzene rings is 1. The summed E-state index contributed by atoms with van der Waals surface area (Å²) in [5, 5.41) is 9.68. The topological polar surface area (TPSA) is 83.8 Å². The molecule has 1 atom stereocenters. The van der Waals surface area contributed by atoms with E-state index in [1.807, 2.05) is 35.6 Å². The Morgan fingerprint density at radius 1 is 1.19 bits per heavy atom. The van der Waals surface area contributed by atoms with Gasteiger partial charge in [-0.3, -0.25) is 9.36 Å². The second kappa shape index (κ2) is 7.51. The molecule has 1 aromatic carbocycles. The predicted molar refractivity (Wildman–Crippen MR) is 126 cm³/mol. The number of rotatable bonds is 1. The summed E-state index contributed by atoms with van der Waals surface area (Å²) < 4.78 is 10.3. The number of fused-ring (bicyclic) bond motifs is 7. The molecule has 5 rings (SSSR count). The summed E-state index contributed by atoms with van der Waals surface area (Å²) in [5.74, 6) is 0.961. The van der Waals surface area contributed by atoms with Crippen LogP contribution in [0, 0.1) is 13.8 Å². The van der Waals surface area contributed by atoms with Crippen LogP contribution in [0.5, 0.6) is 5.75 Å². The summed E-state index contributed by atoms with van der Waals surface area (Å²) in [6.07, 6.45) is 4.42. The molecule has 2 N–H and O–H groups in total. The van der Waals surface area contributed by atoms with Crippen molar-refractivity contribution in [3.05, 3.63) is 64.6 Å². The van der Waals surface area contributed by atoms with Crippen LogP contribution in [-0.4, -0.2) is 24.5 Å². The monoisotopic (exact) mass is 428 g/mol. The number of ether oxygens (including phenoxy) is 1. The van der Waals surface area contributed by atoms with Crippen LogP contribution in [0.3, 0.4) is 0 Å². The molecule has 0 radical (unpaired) electrons. The lowest BCUT2D eigenvalue weighted by Crippen LogP contribution is -2.10. The lowest BCUT2D eigenvalue weighted by molar-refractivity contribution is 0.228. The lowest BCUT2D eigenvalue weighted by atomic mass is 9.93. The number of aryl methyl sites for hydroxylation is 4. The van der Waals surface area contributed by atoms with Crippen LogP contribution >= 0.6 is 0 Å². The largest absolute Gasteiger partial charge is 0.482 e. The zero-order valence-corrected chi connectivity index (χ0v) is 19.2. The van der Waals surface area contributed by atoms with E-state index in [0.29, 0.717) is 11.6 Å². The first-order chi connectivity index (χ1) is 15.4. The second-order valence-corrected chi connectivity index (χ2v) is 8.54. The first-order valence-electron chi connectivity index (χ1n) is 11.0. The molecule has 0 saturated heterocycles. The Hall–Kier alpha value is -3.61. The Bertz CT molecular complexity index is 1330. The van der Waals surface area contributed by atoms with Crippen molar-refractivity contribution in [1.82, 2.24) is 24.5 Å². The van der Waals surface area contributed by atoms with Gasteiger partial charge in [0.15, 0.2) is 11.6 Å². The number of nitrogens with zero attached hydrogens (tertiary/aromatic N) is 5. The van der Waals surface area contributed by atoms with Crippen LogP contribution in [0.4, 0.5) is 5.82 Å². The van der Waals surface area contributed by atoms with Gasteiger partial charge in [-0.25, -0.2) is 4.98 Å². The molecule has 0 saturated carbocycles. The number of pyridine rings is 1. The Balaban J connectivity index is 1.84. The minimum absolute atomic E-state index is 0.226. The number of anilines is 1. The van der Waals surface area contributed by atoms with Gasteiger partial charge in [0.25, 0.3) is 0 Å². The number of nitrogen functional groups attached to an aromatic ring is 1. The average molecular weight is 429 g/mol. The highest BCUT2D eigenvalue weighted by atomic mass is 16.5. The summed E-state index contributed by atoms with van der Waals surface area (Å²) in [5.41, 5.74) is 15.9. The molecular formula is C25H28N6O. The van der Waals surface area contributed by atoms with Crippen LogP contribution in [0.1, 0.15) is 47.9 Å². The molecule has 1 aliphatic rings. The maximum atomic E-state index is 6.41. The Morgan fingerprint density at radius 3 is 2.78 bits per heavy atom. The van der Waals surface area contributed by atoms with Crippen molar-refractivity contribution in [2.75, 3.05) is 5.73 Å². The molecule has 4 aromatic rings. The maximum absolute atomic E-state index is 6.41. The number of nitrogens with two attached hydrogens (primary N) is 1. The van der Waals surface area contributed by atoms with E-state index in [1.165, 1.54) is 11.1 Å². The van der Waals surface area contributed by atoms with E-state index in [9.17, 15) is 0 Å². The molecule has 0 fully saturated rings. The van der Waals surface area contributed by atoms with Gasteiger partial charge in [-0.1, -0.05) is 23.8 Å². The molecule has 3 aromatic heterocycles. The van der Waals surface area contributed by atoms with Crippen molar-refractivity contribution >= 4 is 5.82 Å². The summed E-state index contributed by atoms with van der Waals surface area (Å²) in [7, 11) is 1.97. The fourth-order valence-corrected chi connectivity index (χ4v) is 4.63. The number of hydrogen-bond donors (Lipinski definition) is 1. The average Bonchev–Trinajstić information content (AvgIpc) is 3.28. The second-order valence-electron chi connectivity index (χ2n) is 8.54. The van der Waals surface area contributed by atoms with Gasteiger partial charge in [-0.15, -0.1) is 0 Å². The smallest absolute Gasteiger partial charge is 0.166 e. The van der Waals surface area contributed by atoms with Gasteiger partial charge in [-0.2, -0.15) is 10.2 Å². The predicted octanol–water partition coefficient (Wildman–Crippen LogP) is 4.61. The highest BCUT2D eigenvalue weighted by molar-refractivity contribution is 5.72. The van der Waals surface area contributed by atoms with E-state index in [0.717, 1.165) is 52.3 Å². The molecule has 7 heteroatoms. The first kappa shape index (κ1) is 20.3. The molecule has 0 unspecified atom stereocenters. The fraction of sp³-hybridized carbons (Fsp3) is 0.320. The first-order valence-corrected chi connectivity index (χ1v) is 11.0. The highest BCUT2D eigenvalue weighted by Gasteiger charge is 2.25. The standard InChI is InChI=1S/C25H28N6O/c1-6-31-24-17-11-22(25(26)27-12-17)32-16(4)21-9-14(2)7-8-19(21)23-18(13-30(5)29-23)10-20(24)15(3)28-31/h7-9,11-13,16H,6,10H2,1-5H3,(H2,26,27)/t16-/m1/s1. The third-order valence-corrected chi connectivity index (χ3v) is 6.18. The van der Waals surface area contributed by atoms with Crippen LogP contribution in [0.15, 0.2) is 36.7 Å². The molecule has 0 spiro atoms. The van der Waals surface area contributed by atoms with Crippen molar-refractivity contribution in [2.45, 2.75) is 46.8 Å². The van der Waals surface area contributed by atoms with E-state index in [4.69, 9.17) is 20.7 Å². The summed E-state index contributed by atoms with van der Waals surface area (Å²) >= 11 is 0. The van der Waals surface area contributed by atoms with E-state index < -0.39 is 0 Å². The summed E-state index contributed by atoms with van der Waals surface area (Å²) in [6.45, 7) is 9.06. The summed E-state index contributed by atoms with van der Waals surface area (Å²) in [4.78, 5) is 4.46. The van der Waals surface area contributed by atoms with Crippen molar-refractivity contribution in [3.8, 4) is 28.3 Å². The summed E-state index contributed by atoms with van der Waals surface area (Å²) in [6, 6.07) is 8.43. The van der Waals surface area contributed by atoms with Crippen LogP contribution in [-0.2, 0) is 20.0 Å². The molecule has 0 amide bonds. The zero-order valence-electron chi connectivity index (χ0n) is 19.2. The molecule has 4 heterocycles. The van der Waals surface area contributed by atoms with Crippen molar-refractivity contribution in [2.24, 2.45) is 7.05 Å². The fourth-order valence-electron chi connectivity index (χ4n) is 4.63. The molecule has 32 heavy (non-hydrogen) atoms. The van der Waals surface area contributed by atoms with E-state index >= 15 is 0 Å². The van der Waals surface area contributed by atoms with Gasteiger partial charge in [-0.05, 0) is 33.8 Å². The van der Waals surface area contributed by atoms with Crippen molar-refractivity contribution in [3.63, 3.8) is 0 Å². The number of hydrogen-bond acceptors (Lipinski definition) is 5. The minimum atomic E-state index is -0.226. The Labute approximate surface area is 187 Å². The molecular weight excluding hydrogens is 400 g/mol. The zero-order chi connectivity index (χ0) is 22.6. The third kappa shape index (κ3) is 3.25. The van der Waals surface area contributed by atoms with E-state index in [2.05, 4.69) is 50.2 Å². The molecule has 1 aliphatic heterocycles. The molecule has 164 valence electrons. The molecule has 2 bridgehead atoms. The third-order valence-electron chi connectivity index (χ3n) is 6.18. The van der Waals surface area contributed by atoms with Gasteiger partial charge < -0.3 is 10.5 Å². The minimum Gasteiger partial charge on any atom is -0.482 e.